The summed E-state index contributed by atoms with van der Waals surface area (Å²) in [5.74, 6) is 1.62. The van der Waals surface area contributed by atoms with Crippen LogP contribution in [0.5, 0.6) is 17.2 Å². The molecule has 34 heavy (non-hydrogen) atoms. The second-order valence-electron chi connectivity index (χ2n) is 8.18. The van der Waals surface area contributed by atoms with Gasteiger partial charge in [0.05, 0.1) is 12.3 Å². The van der Waals surface area contributed by atoms with E-state index in [1.54, 1.807) is 23.1 Å². The zero-order chi connectivity index (χ0) is 23.9. The van der Waals surface area contributed by atoms with Gasteiger partial charge in [-0.05, 0) is 62.7 Å². The van der Waals surface area contributed by atoms with Gasteiger partial charge in [-0.2, -0.15) is 0 Å². The normalized spacial score (nSPS) is 12.5. The number of carbonyl (C=O) groups is 2. The monoisotopic (exact) mass is 460 g/mol. The van der Waals surface area contributed by atoms with E-state index in [2.05, 4.69) is 5.32 Å². The maximum absolute atomic E-state index is 12.5. The van der Waals surface area contributed by atoms with E-state index in [4.69, 9.17) is 14.2 Å². The quantitative estimate of drug-likeness (QED) is 0.475. The standard InChI is InChI=1S/C27H28N2O5/c1-19-4-9-22(10-5-19)32-15-3-14-29-24-16-21(8-13-25(24)34-18-27(29)31)28-26(30)17-33-23-11-6-20(2)7-12-23/h4-13,16H,3,14-15,17-18H2,1-2H3,(H,28,30). The fourth-order valence-corrected chi connectivity index (χ4v) is 3.55. The molecule has 1 aliphatic heterocycles. The zero-order valence-corrected chi connectivity index (χ0v) is 19.4. The minimum Gasteiger partial charge on any atom is -0.494 e. The fourth-order valence-electron chi connectivity index (χ4n) is 3.55. The molecule has 0 spiro atoms. The van der Waals surface area contributed by atoms with Crippen molar-refractivity contribution in [2.75, 3.05) is 36.6 Å². The molecule has 3 aromatic rings. The van der Waals surface area contributed by atoms with Gasteiger partial charge >= 0.3 is 0 Å². The van der Waals surface area contributed by atoms with Crippen LogP contribution in [0.25, 0.3) is 0 Å². The van der Waals surface area contributed by atoms with E-state index < -0.39 is 0 Å². The van der Waals surface area contributed by atoms with Gasteiger partial charge in [0.15, 0.2) is 13.2 Å². The Morgan fingerprint density at radius 1 is 0.941 bits per heavy atom. The van der Waals surface area contributed by atoms with Gasteiger partial charge < -0.3 is 24.4 Å². The first-order valence-corrected chi connectivity index (χ1v) is 11.2. The highest BCUT2D eigenvalue weighted by Crippen LogP contribution is 2.34. The Kier molecular flexibility index (Phi) is 7.32. The lowest BCUT2D eigenvalue weighted by Gasteiger charge is -2.30. The molecule has 176 valence electrons. The second kappa shape index (κ2) is 10.7. The number of ether oxygens (including phenoxy) is 3. The fraction of sp³-hybridized carbons (Fsp3) is 0.259. The van der Waals surface area contributed by atoms with Crippen LogP contribution < -0.4 is 24.4 Å². The number of nitrogens with zero attached hydrogens (tertiary/aromatic N) is 1. The third kappa shape index (κ3) is 6.07. The molecule has 1 heterocycles. The molecule has 7 heteroatoms. The van der Waals surface area contributed by atoms with Crippen molar-refractivity contribution in [1.29, 1.82) is 0 Å². The molecule has 1 aliphatic rings. The summed E-state index contributed by atoms with van der Waals surface area (Å²) in [5.41, 5.74) is 3.49. The molecule has 1 N–H and O–H groups in total. The first-order chi connectivity index (χ1) is 16.5. The first-order valence-electron chi connectivity index (χ1n) is 11.2. The van der Waals surface area contributed by atoms with E-state index in [1.807, 2.05) is 62.4 Å². The predicted octanol–water partition coefficient (Wildman–Crippen LogP) is 4.52. The third-order valence-corrected chi connectivity index (χ3v) is 5.39. The molecule has 0 atom stereocenters. The largest absolute Gasteiger partial charge is 0.494 e. The zero-order valence-electron chi connectivity index (χ0n) is 19.4. The van der Waals surface area contributed by atoms with Gasteiger partial charge in [-0.15, -0.1) is 0 Å². The number of anilines is 2. The lowest BCUT2D eigenvalue weighted by Crippen LogP contribution is -2.39. The molecule has 0 radical (unpaired) electrons. The van der Waals surface area contributed by atoms with Gasteiger partial charge in [0.2, 0.25) is 0 Å². The van der Waals surface area contributed by atoms with Crippen LogP contribution in [0.3, 0.4) is 0 Å². The average molecular weight is 461 g/mol. The molecule has 0 fully saturated rings. The summed E-state index contributed by atoms with van der Waals surface area (Å²) in [4.78, 5) is 26.6. The molecule has 4 rings (SSSR count). The summed E-state index contributed by atoms with van der Waals surface area (Å²) in [7, 11) is 0. The van der Waals surface area contributed by atoms with Crippen molar-refractivity contribution in [3.63, 3.8) is 0 Å². The maximum Gasteiger partial charge on any atom is 0.265 e. The van der Waals surface area contributed by atoms with Crippen LogP contribution in [0.1, 0.15) is 17.5 Å². The van der Waals surface area contributed by atoms with Crippen molar-refractivity contribution in [2.45, 2.75) is 20.3 Å². The van der Waals surface area contributed by atoms with Gasteiger partial charge in [-0.3, -0.25) is 9.59 Å². The van der Waals surface area contributed by atoms with Crippen LogP contribution in [0.2, 0.25) is 0 Å². The predicted molar refractivity (Wildman–Crippen MR) is 131 cm³/mol. The van der Waals surface area contributed by atoms with Crippen molar-refractivity contribution in [3.8, 4) is 17.2 Å². The Bertz CT molecular complexity index is 1140. The van der Waals surface area contributed by atoms with E-state index in [0.29, 0.717) is 42.4 Å². The van der Waals surface area contributed by atoms with E-state index in [-0.39, 0.29) is 25.0 Å². The minimum absolute atomic E-state index is 0.0120. The number of carbonyl (C=O) groups excluding carboxylic acids is 2. The summed E-state index contributed by atoms with van der Waals surface area (Å²) < 4.78 is 16.9. The van der Waals surface area contributed by atoms with Crippen LogP contribution in [0.15, 0.2) is 66.7 Å². The Balaban J connectivity index is 1.33. The summed E-state index contributed by atoms with van der Waals surface area (Å²) in [6.45, 7) is 4.85. The van der Waals surface area contributed by atoms with Gasteiger partial charge in [0.1, 0.15) is 17.2 Å². The van der Waals surface area contributed by atoms with E-state index >= 15 is 0 Å². The van der Waals surface area contributed by atoms with Gasteiger partial charge in [-0.1, -0.05) is 35.4 Å². The molecule has 0 aliphatic carbocycles. The van der Waals surface area contributed by atoms with Gasteiger partial charge in [0.25, 0.3) is 11.8 Å². The number of benzene rings is 3. The summed E-state index contributed by atoms with van der Waals surface area (Å²) in [6, 6.07) is 20.6. The van der Waals surface area contributed by atoms with E-state index in [0.717, 1.165) is 11.3 Å². The van der Waals surface area contributed by atoms with Crippen molar-refractivity contribution in [3.05, 3.63) is 77.9 Å². The van der Waals surface area contributed by atoms with Crippen LogP contribution in [0, 0.1) is 13.8 Å². The van der Waals surface area contributed by atoms with Crippen molar-refractivity contribution >= 4 is 23.2 Å². The Morgan fingerprint density at radius 3 is 2.26 bits per heavy atom. The number of amides is 2. The van der Waals surface area contributed by atoms with Gasteiger partial charge in [-0.25, -0.2) is 0 Å². The van der Waals surface area contributed by atoms with Crippen LogP contribution in [-0.2, 0) is 9.59 Å². The minimum atomic E-state index is -0.290. The Hall–Kier alpha value is -4.00. The number of rotatable bonds is 9. The average Bonchev–Trinajstić information content (AvgIpc) is 2.83. The maximum atomic E-state index is 12.5. The molecule has 0 unspecified atom stereocenters. The number of nitrogens with one attached hydrogen (secondary N) is 1. The van der Waals surface area contributed by atoms with E-state index in [9.17, 15) is 9.59 Å². The van der Waals surface area contributed by atoms with Crippen LogP contribution in [0.4, 0.5) is 11.4 Å². The molecule has 3 aromatic carbocycles. The Labute approximate surface area is 199 Å². The number of aryl methyl sites for hydroxylation is 2. The summed E-state index contributed by atoms with van der Waals surface area (Å²) in [5, 5.41) is 2.82. The highest BCUT2D eigenvalue weighted by molar-refractivity contribution is 5.99. The lowest BCUT2D eigenvalue weighted by molar-refractivity contribution is -0.121. The van der Waals surface area contributed by atoms with Gasteiger partial charge in [0, 0.05) is 12.2 Å². The summed E-state index contributed by atoms with van der Waals surface area (Å²) >= 11 is 0. The molecule has 0 saturated carbocycles. The highest BCUT2D eigenvalue weighted by Gasteiger charge is 2.25. The molecule has 0 saturated heterocycles. The molecule has 2 amide bonds. The Morgan fingerprint density at radius 2 is 1.59 bits per heavy atom. The lowest BCUT2D eigenvalue weighted by atomic mass is 10.2. The number of fused-ring (bicyclic) bond motifs is 1. The SMILES string of the molecule is Cc1ccc(OCCCN2C(=O)COc3ccc(NC(=O)COc4ccc(C)cc4)cc32)cc1. The molecular formula is C27H28N2O5. The highest BCUT2D eigenvalue weighted by atomic mass is 16.5. The second-order valence-corrected chi connectivity index (χ2v) is 8.18. The number of hydrogen-bond donors (Lipinski definition) is 1. The number of hydrogen-bond acceptors (Lipinski definition) is 5. The van der Waals surface area contributed by atoms with Crippen molar-refractivity contribution in [2.24, 2.45) is 0 Å². The van der Waals surface area contributed by atoms with E-state index in [1.165, 1.54) is 5.56 Å². The molecule has 0 bridgehead atoms. The molecular weight excluding hydrogens is 432 g/mol. The summed E-state index contributed by atoms with van der Waals surface area (Å²) in [6.07, 6.45) is 0.653. The van der Waals surface area contributed by atoms with Crippen molar-refractivity contribution in [1.82, 2.24) is 0 Å². The third-order valence-electron chi connectivity index (χ3n) is 5.39. The molecule has 7 nitrogen and oxygen atoms in total. The topological polar surface area (TPSA) is 77.1 Å². The van der Waals surface area contributed by atoms with Crippen LogP contribution >= 0.6 is 0 Å². The van der Waals surface area contributed by atoms with Crippen LogP contribution in [-0.4, -0.2) is 38.2 Å². The van der Waals surface area contributed by atoms with Crippen molar-refractivity contribution < 1.29 is 23.8 Å². The molecule has 0 aromatic heterocycles. The first kappa shape index (κ1) is 23.2. The smallest absolute Gasteiger partial charge is 0.265 e.